The summed E-state index contributed by atoms with van der Waals surface area (Å²) in [5.41, 5.74) is 3.01. The minimum atomic E-state index is 0. The van der Waals surface area contributed by atoms with Crippen LogP contribution in [0.15, 0.2) is 39.9 Å². The second kappa shape index (κ2) is 12.4. The van der Waals surface area contributed by atoms with Gasteiger partial charge in [-0.2, -0.15) is 0 Å². The second-order valence-electron chi connectivity index (χ2n) is 8.66. The van der Waals surface area contributed by atoms with Crippen LogP contribution < -0.4 is 10.6 Å². The van der Waals surface area contributed by atoms with Crippen LogP contribution in [0, 0.1) is 12.8 Å². The number of aromatic nitrogens is 1. The first kappa shape index (κ1) is 25.5. The lowest BCUT2D eigenvalue weighted by Crippen LogP contribution is -2.52. The van der Waals surface area contributed by atoms with Gasteiger partial charge >= 0.3 is 0 Å². The number of piperazine rings is 1. The molecule has 0 bridgehead atoms. The lowest BCUT2D eigenvalue weighted by Gasteiger charge is -2.38. The summed E-state index contributed by atoms with van der Waals surface area (Å²) in [4.78, 5) is 25.7. The maximum Gasteiger partial charge on any atom is 0.226 e. The number of amides is 1. The molecule has 2 aromatic rings. The van der Waals surface area contributed by atoms with E-state index in [4.69, 9.17) is 4.42 Å². The van der Waals surface area contributed by atoms with E-state index in [1.165, 1.54) is 12.0 Å². The Morgan fingerprint density at radius 1 is 1.15 bits per heavy atom. The van der Waals surface area contributed by atoms with Crippen molar-refractivity contribution >= 4 is 35.8 Å². The van der Waals surface area contributed by atoms with Crippen molar-refractivity contribution in [3.63, 3.8) is 0 Å². The van der Waals surface area contributed by atoms with Crippen molar-refractivity contribution < 1.29 is 9.21 Å². The third-order valence-corrected chi connectivity index (χ3v) is 6.37. The average Bonchev–Trinajstić information content (AvgIpc) is 3.25. The number of halogens is 1. The van der Waals surface area contributed by atoms with E-state index < -0.39 is 0 Å². The quantitative estimate of drug-likeness (QED) is 0.305. The van der Waals surface area contributed by atoms with Gasteiger partial charge in [0, 0.05) is 57.8 Å². The number of nitrogens with one attached hydrogen (secondary N) is 2. The fourth-order valence-corrected chi connectivity index (χ4v) is 4.05. The van der Waals surface area contributed by atoms with Gasteiger partial charge in [0.15, 0.2) is 5.96 Å². The van der Waals surface area contributed by atoms with Crippen LogP contribution in [0.5, 0.6) is 0 Å². The van der Waals surface area contributed by atoms with Gasteiger partial charge in [-0.15, -0.1) is 24.0 Å². The molecule has 0 atom stereocenters. The highest BCUT2D eigenvalue weighted by Gasteiger charge is 2.30. The van der Waals surface area contributed by atoms with Gasteiger partial charge in [-0.3, -0.25) is 14.7 Å². The molecule has 1 aliphatic carbocycles. The monoisotopic (exact) mass is 566 g/mol. The van der Waals surface area contributed by atoms with Crippen molar-refractivity contribution in [2.24, 2.45) is 10.9 Å². The molecule has 9 heteroatoms. The number of rotatable bonds is 7. The van der Waals surface area contributed by atoms with Gasteiger partial charge in [0.1, 0.15) is 6.26 Å². The topological polar surface area (TPSA) is 86.0 Å². The molecule has 33 heavy (non-hydrogen) atoms. The Balaban J connectivity index is 0.00000306. The van der Waals surface area contributed by atoms with E-state index >= 15 is 0 Å². The molecule has 0 spiro atoms. The van der Waals surface area contributed by atoms with Crippen LogP contribution in [0.2, 0.25) is 0 Å². The van der Waals surface area contributed by atoms with Crippen molar-refractivity contribution in [2.45, 2.75) is 32.7 Å². The molecule has 2 heterocycles. The number of benzene rings is 1. The molecule has 0 unspecified atom stereocenters. The molecule has 2 N–H and O–H groups in total. The van der Waals surface area contributed by atoms with Crippen molar-refractivity contribution in [1.82, 2.24) is 25.4 Å². The maximum atomic E-state index is 12.4. The second-order valence-corrected chi connectivity index (χ2v) is 8.66. The molecule has 1 amide bonds. The third kappa shape index (κ3) is 6.92. The SMILES string of the molecule is CN=C(NCCN1CCN(C(=O)C2CCC2)CC1)NCc1coc(-c2ccc(C)cc2)n1.I. The van der Waals surface area contributed by atoms with Crippen molar-refractivity contribution in [2.75, 3.05) is 46.3 Å². The van der Waals surface area contributed by atoms with E-state index in [1.54, 1.807) is 13.3 Å². The smallest absolute Gasteiger partial charge is 0.226 e. The molecule has 2 fully saturated rings. The van der Waals surface area contributed by atoms with Crippen LogP contribution in [-0.4, -0.2) is 73.0 Å². The summed E-state index contributed by atoms with van der Waals surface area (Å²) < 4.78 is 5.62. The van der Waals surface area contributed by atoms with E-state index in [-0.39, 0.29) is 24.0 Å². The van der Waals surface area contributed by atoms with Crippen LogP contribution >= 0.6 is 24.0 Å². The first-order valence-electron chi connectivity index (χ1n) is 11.6. The highest BCUT2D eigenvalue weighted by molar-refractivity contribution is 14.0. The Bertz CT molecular complexity index is 917. The Labute approximate surface area is 213 Å². The van der Waals surface area contributed by atoms with E-state index in [0.29, 0.717) is 24.3 Å². The lowest BCUT2D eigenvalue weighted by molar-refractivity contribution is -0.139. The van der Waals surface area contributed by atoms with E-state index in [0.717, 1.165) is 69.3 Å². The molecule has 8 nitrogen and oxygen atoms in total. The Morgan fingerprint density at radius 2 is 1.88 bits per heavy atom. The predicted octanol–water partition coefficient (Wildman–Crippen LogP) is 2.88. The number of carbonyl (C=O) groups excluding carboxylic acids is 1. The van der Waals surface area contributed by atoms with E-state index in [2.05, 4.69) is 49.5 Å². The molecule has 0 radical (unpaired) electrons. The van der Waals surface area contributed by atoms with Gasteiger partial charge in [-0.25, -0.2) is 4.98 Å². The minimum Gasteiger partial charge on any atom is -0.444 e. The largest absolute Gasteiger partial charge is 0.444 e. The van der Waals surface area contributed by atoms with Crippen LogP contribution in [0.1, 0.15) is 30.5 Å². The number of aryl methyl sites for hydroxylation is 1. The number of carbonyl (C=O) groups is 1. The van der Waals surface area contributed by atoms with Crippen molar-refractivity contribution in [1.29, 1.82) is 0 Å². The molecule has 4 rings (SSSR count). The number of guanidine groups is 1. The molecule has 2 aliphatic rings. The molecule has 1 aliphatic heterocycles. The minimum absolute atomic E-state index is 0. The summed E-state index contributed by atoms with van der Waals surface area (Å²) in [5.74, 6) is 2.04. The number of oxazole rings is 1. The van der Waals surface area contributed by atoms with E-state index in [9.17, 15) is 4.79 Å². The predicted molar refractivity (Wildman–Crippen MR) is 141 cm³/mol. The molecule has 1 saturated carbocycles. The van der Waals surface area contributed by atoms with Gasteiger partial charge < -0.3 is 20.0 Å². The molecular formula is C24H35IN6O2. The van der Waals surface area contributed by atoms with Crippen LogP contribution in [0.25, 0.3) is 11.5 Å². The first-order chi connectivity index (χ1) is 15.6. The highest BCUT2D eigenvalue weighted by Crippen LogP contribution is 2.28. The highest BCUT2D eigenvalue weighted by atomic mass is 127. The lowest BCUT2D eigenvalue weighted by atomic mass is 9.84. The Kier molecular flexibility index (Phi) is 9.54. The summed E-state index contributed by atoms with van der Waals surface area (Å²) in [6.07, 6.45) is 5.05. The molecule has 180 valence electrons. The van der Waals surface area contributed by atoms with Gasteiger partial charge in [-0.05, 0) is 31.9 Å². The summed E-state index contributed by atoms with van der Waals surface area (Å²) in [6.45, 7) is 7.88. The standard InChI is InChI=1S/C24H34N6O2.HI/c1-18-6-8-19(9-7-18)22-28-21(17-32-22)16-27-24(25-2)26-10-11-29-12-14-30(15-13-29)23(31)20-4-3-5-20;/h6-9,17,20H,3-5,10-16H2,1-2H3,(H2,25,26,27);1H. The van der Waals surface area contributed by atoms with Gasteiger partial charge in [0.25, 0.3) is 0 Å². The summed E-state index contributed by atoms with van der Waals surface area (Å²) in [7, 11) is 1.76. The number of aliphatic imine (C=N–C) groups is 1. The van der Waals surface area contributed by atoms with Gasteiger partial charge in [0.05, 0.1) is 12.2 Å². The molecule has 1 saturated heterocycles. The summed E-state index contributed by atoms with van der Waals surface area (Å²) in [5, 5.41) is 6.65. The number of hydrogen-bond acceptors (Lipinski definition) is 5. The van der Waals surface area contributed by atoms with Crippen LogP contribution in [0.4, 0.5) is 0 Å². The van der Waals surface area contributed by atoms with Crippen molar-refractivity contribution in [3.05, 3.63) is 41.8 Å². The number of nitrogens with zero attached hydrogens (tertiary/aromatic N) is 4. The summed E-state index contributed by atoms with van der Waals surface area (Å²) >= 11 is 0. The van der Waals surface area contributed by atoms with Crippen molar-refractivity contribution in [3.8, 4) is 11.5 Å². The maximum absolute atomic E-state index is 12.4. The number of hydrogen-bond donors (Lipinski definition) is 2. The van der Waals surface area contributed by atoms with Gasteiger partial charge in [-0.1, -0.05) is 24.1 Å². The fraction of sp³-hybridized carbons (Fsp3) is 0.542. The van der Waals surface area contributed by atoms with Crippen LogP contribution in [-0.2, 0) is 11.3 Å². The Hall–Kier alpha value is -2.14. The molecular weight excluding hydrogens is 531 g/mol. The van der Waals surface area contributed by atoms with E-state index in [1.807, 2.05) is 12.1 Å². The fourth-order valence-electron chi connectivity index (χ4n) is 4.05. The third-order valence-electron chi connectivity index (χ3n) is 6.37. The van der Waals surface area contributed by atoms with Crippen LogP contribution in [0.3, 0.4) is 0 Å². The normalized spacial score (nSPS) is 17.3. The molecule has 1 aromatic heterocycles. The molecule has 1 aromatic carbocycles. The first-order valence-corrected chi connectivity index (χ1v) is 11.6. The average molecular weight is 566 g/mol. The Morgan fingerprint density at radius 3 is 2.52 bits per heavy atom. The zero-order valence-corrected chi connectivity index (χ0v) is 21.9. The zero-order valence-electron chi connectivity index (χ0n) is 19.5. The zero-order chi connectivity index (χ0) is 22.3. The summed E-state index contributed by atoms with van der Waals surface area (Å²) in [6, 6.07) is 8.13. The van der Waals surface area contributed by atoms with Gasteiger partial charge in [0.2, 0.25) is 11.8 Å².